The van der Waals surface area contributed by atoms with Gasteiger partial charge in [0.2, 0.25) is 5.90 Å². The number of cyclic esters (lactones) is 1. The Hall–Kier alpha value is -1.23. The van der Waals surface area contributed by atoms with E-state index in [9.17, 15) is 9.59 Å². The van der Waals surface area contributed by atoms with Gasteiger partial charge in [-0.25, -0.2) is 9.79 Å². The molecule has 0 N–H and O–H groups in total. The number of nitrogens with zero attached hydrogens (tertiary/aromatic N) is 1. The van der Waals surface area contributed by atoms with E-state index in [1.165, 1.54) is 0 Å². The summed E-state index contributed by atoms with van der Waals surface area (Å²) in [4.78, 5) is 28.1. The van der Waals surface area contributed by atoms with Crippen molar-refractivity contribution >= 4 is 90.0 Å². The molecule has 0 spiro atoms. The number of halogens is 4. The molecule has 0 aliphatic carbocycles. The highest BCUT2D eigenvalue weighted by atomic mass is 127. The molecule has 1 heterocycles. The van der Waals surface area contributed by atoms with Gasteiger partial charge in [0.1, 0.15) is 0 Å². The zero-order valence-electron chi connectivity index (χ0n) is 14.3. The van der Waals surface area contributed by atoms with Crippen LogP contribution >= 0.6 is 66.1 Å². The molecule has 5 nitrogen and oxygen atoms in total. The Balaban J connectivity index is 1.95. The van der Waals surface area contributed by atoms with Crippen molar-refractivity contribution in [1.82, 2.24) is 0 Å². The first-order valence-electron chi connectivity index (χ1n) is 7.96. The van der Waals surface area contributed by atoms with Crippen molar-refractivity contribution in [3.8, 4) is 5.75 Å². The molecule has 3 rings (SSSR count). The number of aliphatic imine (C=N–C) groups is 1. The number of benzene rings is 2. The number of esters is 2. The van der Waals surface area contributed by atoms with Crippen LogP contribution in [0.3, 0.4) is 0 Å². The highest BCUT2D eigenvalue weighted by Crippen LogP contribution is 2.36. The van der Waals surface area contributed by atoms with Gasteiger partial charge in [0.05, 0.1) is 19.5 Å². The summed E-state index contributed by atoms with van der Waals surface area (Å²) in [6.07, 6.45) is 1.84. The Labute approximate surface area is 196 Å². The van der Waals surface area contributed by atoms with Crippen LogP contribution in [0, 0.1) is 3.57 Å². The van der Waals surface area contributed by atoms with Crippen molar-refractivity contribution in [2.24, 2.45) is 4.99 Å². The van der Waals surface area contributed by atoms with Gasteiger partial charge in [-0.15, -0.1) is 0 Å². The summed E-state index contributed by atoms with van der Waals surface area (Å²) in [5, 5.41) is 0.445. The topological polar surface area (TPSA) is 65.0 Å². The minimum atomic E-state index is -0.571. The summed E-state index contributed by atoms with van der Waals surface area (Å²) >= 11 is 15.1. The summed E-state index contributed by atoms with van der Waals surface area (Å²) in [6, 6.07) is 8.80. The Bertz CT molecular complexity index is 1030. The fourth-order valence-corrected chi connectivity index (χ4v) is 4.36. The largest absolute Gasteiger partial charge is 0.424 e. The summed E-state index contributed by atoms with van der Waals surface area (Å²) in [5.41, 5.74) is 1.36. The Morgan fingerprint density at radius 3 is 2.61 bits per heavy atom. The zero-order chi connectivity index (χ0) is 20.4. The minimum Gasteiger partial charge on any atom is -0.424 e. The van der Waals surface area contributed by atoms with Crippen LogP contribution < -0.4 is 4.74 Å². The maximum Gasteiger partial charge on any atom is 0.363 e. The second-order valence-electron chi connectivity index (χ2n) is 5.60. The third-order valence-electron chi connectivity index (χ3n) is 3.61. The first-order chi connectivity index (χ1) is 13.3. The van der Waals surface area contributed by atoms with E-state index in [1.54, 1.807) is 37.3 Å². The highest BCUT2D eigenvalue weighted by molar-refractivity contribution is 14.1. The Kier molecular flexibility index (Phi) is 6.95. The van der Waals surface area contributed by atoms with Crippen LogP contribution in [0.2, 0.25) is 5.02 Å². The second kappa shape index (κ2) is 9.06. The Morgan fingerprint density at radius 1 is 1.29 bits per heavy atom. The van der Waals surface area contributed by atoms with Crippen LogP contribution in [0.5, 0.6) is 5.75 Å². The van der Waals surface area contributed by atoms with Crippen LogP contribution in [0.25, 0.3) is 6.08 Å². The lowest BCUT2D eigenvalue weighted by molar-refractivity contribution is -0.134. The predicted octanol–water partition coefficient (Wildman–Crippen LogP) is 6.13. The third kappa shape index (κ3) is 4.84. The number of hydrogen-bond donors (Lipinski definition) is 0. The maximum atomic E-state index is 12.2. The van der Waals surface area contributed by atoms with Gasteiger partial charge in [-0.3, -0.25) is 4.79 Å². The number of rotatable bonds is 4. The van der Waals surface area contributed by atoms with E-state index in [0.29, 0.717) is 30.8 Å². The maximum absolute atomic E-state index is 12.2. The molecule has 0 radical (unpaired) electrons. The fraction of sp³-hybridized carbons (Fsp3) is 0.105. The molecule has 2 aromatic rings. The number of carbonyl (C=O) groups excluding carboxylic acids is 2. The van der Waals surface area contributed by atoms with Gasteiger partial charge >= 0.3 is 11.9 Å². The quantitative estimate of drug-likeness (QED) is 0.175. The first-order valence-corrected chi connectivity index (χ1v) is 11.0. The lowest BCUT2D eigenvalue weighted by atomic mass is 10.2. The van der Waals surface area contributed by atoms with Crippen molar-refractivity contribution in [1.29, 1.82) is 0 Å². The van der Waals surface area contributed by atoms with E-state index in [4.69, 9.17) is 21.1 Å². The molecule has 0 atom stereocenters. The fourth-order valence-electron chi connectivity index (χ4n) is 2.29. The van der Waals surface area contributed by atoms with Crippen molar-refractivity contribution in [3.63, 3.8) is 0 Å². The van der Waals surface area contributed by atoms with Gasteiger partial charge < -0.3 is 9.47 Å². The summed E-state index contributed by atoms with van der Waals surface area (Å²) in [7, 11) is 0. The molecular formula is C19H11Br2ClINO4. The molecule has 144 valence electrons. The minimum absolute atomic E-state index is 0.141. The third-order valence-corrected chi connectivity index (χ3v) is 5.79. The van der Waals surface area contributed by atoms with Crippen LogP contribution in [0.1, 0.15) is 24.5 Å². The second-order valence-corrected chi connectivity index (χ2v) is 8.96. The van der Waals surface area contributed by atoms with E-state index in [1.807, 2.05) is 6.07 Å². The molecule has 0 aromatic heterocycles. The van der Waals surface area contributed by atoms with Gasteiger partial charge in [0.15, 0.2) is 11.4 Å². The average Bonchev–Trinajstić information content (AvgIpc) is 3.00. The number of hydrogen-bond acceptors (Lipinski definition) is 5. The Morgan fingerprint density at radius 2 is 1.96 bits per heavy atom. The van der Waals surface area contributed by atoms with Gasteiger partial charge in [-0.2, -0.15) is 0 Å². The smallest absolute Gasteiger partial charge is 0.363 e. The van der Waals surface area contributed by atoms with E-state index in [0.717, 1.165) is 3.57 Å². The van der Waals surface area contributed by atoms with E-state index in [2.05, 4.69) is 59.4 Å². The molecular weight excluding hydrogens is 628 g/mol. The van der Waals surface area contributed by atoms with Crippen LogP contribution in [0.4, 0.5) is 0 Å². The van der Waals surface area contributed by atoms with Crippen molar-refractivity contribution in [2.75, 3.05) is 0 Å². The molecule has 0 unspecified atom stereocenters. The summed E-state index contributed by atoms with van der Waals surface area (Å²) < 4.78 is 12.6. The van der Waals surface area contributed by atoms with Crippen LogP contribution in [0.15, 0.2) is 50.0 Å². The molecule has 28 heavy (non-hydrogen) atoms. The van der Waals surface area contributed by atoms with Crippen molar-refractivity contribution in [3.05, 3.63) is 64.7 Å². The van der Waals surface area contributed by atoms with E-state index < -0.39 is 5.97 Å². The molecule has 0 saturated heterocycles. The van der Waals surface area contributed by atoms with E-state index in [-0.39, 0.29) is 24.0 Å². The van der Waals surface area contributed by atoms with Gasteiger partial charge in [-0.05, 0) is 96.4 Å². The summed E-state index contributed by atoms with van der Waals surface area (Å²) in [5.74, 6) is -0.390. The molecule has 1 aliphatic rings. The van der Waals surface area contributed by atoms with Gasteiger partial charge in [0.25, 0.3) is 0 Å². The average molecular weight is 639 g/mol. The molecule has 2 aromatic carbocycles. The molecule has 0 amide bonds. The standard InChI is InChI=1S/C19H11Br2ClINO4/c1-2-16(25)27-17-12(20)5-9(6-13(17)21)7-15-19(26)28-18(24-15)11-8-10(23)3-4-14(11)22/h3-8H,2H2,1H3/b15-7-. The van der Waals surface area contributed by atoms with Crippen molar-refractivity contribution in [2.45, 2.75) is 13.3 Å². The zero-order valence-corrected chi connectivity index (χ0v) is 20.3. The van der Waals surface area contributed by atoms with Gasteiger partial charge in [0, 0.05) is 9.99 Å². The molecule has 0 fully saturated rings. The van der Waals surface area contributed by atoms with Crippen LogP contribution in [-0.4, -0.2) is 17.8 Å². The lowest BCUT2D eigenvalue weighted by Gasteiger charge is -2.09. The molecule has 0 saturated carbocycles. The number of ether oxygens (including phenoxy) is 2. The summed E-state index contributed by atoms with van der Waals surface area (Å²) in [6.45, 7) is 1.71. The molecule has 9 heteroatoms. The van der Waals surface area contributed by atoms with E-state index >= 15 is 0 Å². The lowest BCUT2D eigenvalue weighted by Crippen LogP contribution is -2.07. The first kappa shape index (κ1) is 21.5. The molecule has 0 bridgehead atoms. The normalized spacial score (nSPS) is 14.8. The van der Waals surface area contributed by atoms with Crippen molar-refractivity contribution < 1.29 is 19.1 Å². The monoisotopic (exact) mass is 637 g/mol. The van der Waals surface area contributed by atoms with Gasteiger partial charge in [-0.1, -0.05) is 18.5 Å². The van der Waals surface area contributed by atoms with Crippen LogP contribution in [-0.2, 0) is 14.3 Å². The number of carbonyl (C=O) groups is 2. The molecule has 1 aliphatic heterocycles. The highest BCUT2D eigenvalue weighted by Gasteiger charge is 2.26. The predicted molar refractivity (Wildman–Crippen MR) is 123 cm³/mol. The SMILES string of the molecule is CCC(=O)Oc1c(Br)cc(/C=C2\N=C(c3cc(I)ccc3Cl)OC2=O)cc1Br.